The Kier molecular flexibility index (Phi) is 4.78. The van der Waals surface area contributed by atoms with Gasteiger partial charge in [0.25, 0.3) is 0 Å². The third kappa shape index (κ3) is 3.97. The van der Waals surface area contributed by atoms with Crippen molar-refractivity contribution >= 4 is 17.5 Å². The predicted octanol–water partition coefficient (Wildman–Crippen LogP) is 4.18. The van der Waals surface area contributed by atoms with E-state index in [2.05, 4.69) is 46.2 Å². The maximum atomic E-state index is 13.1. The normalized spacial score (nSPS) is 15.1. The van der Waals surface area contributed by atoms with E-state index in [1.54, 1.807) is 6.07 Å². The molecule has 6 heteroatoms. The number of fused-ring (bicyclic) bond motifs is 1. The van der Waals surface area contributed by atoms with Gasteiger partial charge in [-0.2, -0.15) is 0 Å². The monoisotopic (exact) mass is 388 g/mol. The van der Waals surface area contributed by atoms with Crippen LogP contribution >= 0.6 is 0 Å². The van der Waals surface area contributed by atoms with Crippen LogP contribution in [-0.2, 0) is 17.6 Å². The highest BCUT2D eigenvalue weighted by atomic mass is 16.1. The smallest absolute Gasteiger partial charge is 0.222 e. The molecule has 1 aliphatic carbocycles. The van der Waals surface area contributed by atoms with Crippen molar-refractivity contribution in [2.45, 2.75) is 40.0 Å². The van der Waals surface area contributed by atoms with Crippen molar-refractivity contribution in [3.8, 4) is 11.4 Å². The molecule has 6 nitrogen and oxygen atoms in total. The van der Waals surface area contributed by atoms with Gasteiger partial charge in [0.2, 0.25) is 5.91 Å². The number of aromatic amines is 1. The summed E-state index contributed by atoms with van der Waals surface area (Å²) in [4.78, 5) is 36.5. The Morgan fingerprint density at radius 2 is 1.93 bits per heavy atom. The van der Waals surface area contributed by atoms with Gasteiger partial charge in [0.15, 0.2) is 5.78 Å². The van der Waals surface area contributed by atoms with Crippen LogP contribution in [0.2, 0.25) is 0 Å². The van der Waals surface area contributed by atoms with E-state index in [9.17, 15) is 9.59 Å². The number of nitrogens with one attached hydrogen (secondary N) is 2. The summed E-state index contributed by atoms with van der Waals surface area (Å²) < 4.78 is 0. The van der Waals surface area contributed by atoms with Crippen molar-refractivity contribution in [1.29, 1.82) is 0 Å². The summed E-state index contributed by atoms with van der Waals surface area (Å²) in [6, 6.07) is 11.8. The van der Waals surface area contributed by atoms with Crippen LogP contribution in [0.5, 0.6) is 0 Å². The van der Waals surface area contributed by atoms with Crippen LogP contribution in [0.15, 0.2) is 42.7 Å². The van der Waals surface area contributed by atoms with Gasteiger partial charge < -0.3 is 10.3 Å². The number of hydrogen-bond donors (Lipinski definition) is 2. The van der Waals surface area contributed by atoms with Crippen molar-refractivity contribution < 1.29 is 9.59 Å². The van der Waals surface area contributed by atoms with Gasteiger partial charge in [0.05, 0.1) is 11.4 Å². The van der Waals surface area contributed by atoms with Crippen molar-refractivity contribution in [3.05, 3.63) is 65.1 Å². The summed E-state index contributed by atoms with van der Waals surface area (Å²) in [6.45, 7) is 5.67. The molecule has 1 aliphatic rings. The summed E-state index contributed by atoms with van der Waals surface area (Å²) in [5.74, 6) is 0.412. The number of nitrogens with zero attached hydrogens (tertiary/aromatic N) is 2. The average molecular weight is 388 g/mol. The summed E-state index contributed by atoms with van der Waals surface area (Å²) in [5.41, 5.74) is 5.25. The van der Waals surface area contributed by atoms with E-state index in [1.165, 1.54) is 13.3 Å². The summed E-state index contributed by atoms with van der Waals surface area (Å²) in [7, 11) is 0. The molecule has 0 saturated heterocycles. The maximum Gasteiger partial charge on any atom is 0.222 e. The number of hydrogen-bond acceptors (Lipinski definition) is 4. The Morgan fingerprint density at radius 3 is 2.66 bits per heavy atom. The van der Waals surface area contributed by atoms with Crippen LogP contribution in [0.3, 0.4) is 0 Å². The van der Waals surface area contributed by atoms with Gasteiger partial charge in [-0.15, -0.1) is 0 Å². The number of ketones is 1. The van der Waals surface area contributed by atoms with Crippen molar-refractivity contribution in [2.24, 2.45) is 5.41 Å². The third-order valence-electron chi connectivity index (χ3n) is 5.21. The van der Waals surface area contributed by atoms with Crippen LogP contribution in [0.1, 0.15) is 54.4 Å². The van der Waals surface area contributed by atoms with Gasteiger partial charge in [0, 0.05) is 37.1 Å². The van der Waals surface area contributed by atoms with E-state index in [0.717, 1.165) is 34.5 Å². The fraction of sp³-hybridized carbons (Fsp3) is 0.304. The lowest BCUT2D eigenvalue weighted by atomic mass is 9.75. The van der Waals surface area contributed by atoms with Gasteiger partial charge in [-0.25, -0.2) is 9.97 Å². The molecule has 148 valence electrons. The highest BCUT2D eigenvalue weighted by Gasteiger charge is 2.35. The van der Waals surface area contributed by atoms with Gasteiger partial charge in [-0.1, -0.05) is 44.2 Å². The molecular formula is C23H24N4O2. The molecule has 0 unspecified atom stereocenters. The molecule has 0 saturated carbocycles. The van der Waals surface area contributed by atoms with Crippen LogP contribution in [-0.4, -0.2) is 26.6 Å². The zero-order valence-corrected chi connectivity index (χ0v) is 16.9. The van der Waals surface area contributed by atoms with E-state index in [1.807, 2.05) is 18.2 Å². The van der Waals surface area contributed by atoms with Crippen LogP contribution in [0, 0.1) is 5.41 Å². The fourth-order valence-electron chi connectivity index (χ4n) is 4.07. The number of Topliss-reactive ketones (excluding diaryl/α,β-unsaturated/α-hetero) is 1. The highest BCUT2D eigenvalue weighted by Crippen LogP contribution is 2.40. The number of H-pyrrole nitrogens is 1. The minimum Gasteiger partial charge on any atom is -0.356 e. The number of aromatic nitrogens is 3. The van der Waals surface area contributed by atoms with Crippen LogP contribution in [0.4, 0.5) is 5.82 Å². The molecule has 0 atom stereocenters. The first-order chi connectivity index (χ1) is 13.8. The quantitative estimate of drug-likeness (QED) is 0.702. The molecule has 0 radical (unpaired) electrons. The Morgan fingerprint density at radius 1 is 1.17 bits per heavy atom. The standard InChI is InChI=1S/C23H24N4O2/c1-14(28)26-20-10-17(24-13-25-20)22-16(9-15-7-5-4-6-8-15)21-18(27-22)11-23(2,3)12-19(21)29/h4-8,10,13,27H,9,11-12H2,1-3H3,(H,24,25,26,28). The highest BCUT2D eigenvalue weighted by molar-refractivity contribution is 6.02. The second kappa shape index (κ2) is 7.28. The van der Waals surface area contributed by atoms with Gasteiger partial charge in [-0.3, -0.25) is 9.59 Å². The van der Waals surface area contributed by atoms with E-state index in [0.29, 0.717) is 24.4 Å². The first-order valence-electron chi connectivity index (χ1n) is 9.73. The minimum atomic E-state index is -0.193. The third-order valence-corrected chi connectivity index (χ3v) is 5.21. The number of benzene rings is 1. The second-order valence-corrected chi connectivity index (χ2v) is 8.41. The lowest BCUT2D eigenvalue weighted by molar-refractivity contribution is -0.114. The number of amides is 1. The van der Waals surface area contributed by atoms with Gasteiger partial charge in [-0.05, 0) is 23.0 Å². The van der Waals surface area contributed by atoms with Crippen molar-refractivity contribution in [1.82, 2.24) is 15.0 Å². The number of anilines is 1. The zero-order chi connectivity index (χ0) is 20.6. The molecule has 0 aliphatic heterocycles. The summed E-state index contributed by atoms with van der Waals surface area (Å²) in [6.07, 6.45) is 3.39. The molecule has 1 aromatic carbocycles. The molecule has 3 aromatic rings. The molecule has 29 heavy (non-hydrogen) atoms. The lowest BCUT2D eigenvalue weighted by Gasteiger charge is -2.28. The van der Waals surface area contributed by atoms with E-state index in [-0.39, 0.29) is 17.1 Å². The Hall–Kier alpha value is -3.28. The van der Waals surface area contributed by atoms with Crippen LogP contribution < -0.4 is 5.32 Å². The largest absolute Gasteiger partial charge is 0.356 e. The average Bonchev–Trinajstić information content (AvgIpc) is 2.99. The molecule has 0 spiro atoms. The molecule has 4 rings (SSSR count). The van der Waals surface area contributed by atoms with Gasteiger partial charge in [0.1, 0.15) is 12.1 Å². The van der Waals surface area contributed by atoms with Crippen molar-refractivity contribution in [2.75, 3.05) is 5.32 Å². The lowest BCUT2D eigenvalue weighted by Crippen LogP contribution is -2.27. The molecular weight excluding hydrogens is 364 g/mol. The molecule has 2 aromatic heterocycles. The van der Waals surface area contributed by atoms with Crippen molar-refractivity contribution in [3.63, 3.8) is 0 Å². The maximum absolute atomic E-state index is 13.1. The number of carbonyl (C=O) groups is 2. The van der Waals surface area contributed by atoms with E-state index < -0.39 is 0 Å². The molecule has 2 heterocycles. The first-order valence-corrected chi connectivity index (χ1v) is 9.73. The predicted molar refractivity (Wildman–Crippen MR) is 112 cm³/mol. The second-order valence-electron chi connectivity index (χ2n) is 8.41. The zero-order valence-electron chi connectivity index (χ0n) is 16.9. The first kappa shape index (κ1) is 19.1. The topological polar surface area (TPSA) is 87.7 Å². The summed E-state index contributed by atoms with van der Waals surface area (Å²) in [5, 5.41) is 2.70. The van der Waals surface area contributed by atoms with Gasteiger partial charge >= 0.3 is 0 Å². The van der Waals surface area contributed by atoms with E-state index in [4.69, 9.17) is 0 Å². The molecule has 0 fully saturated rings. The molecule has 2 N–H and O–H groups in total. The fourth-order valence-corrected chi connectivity index (χ4v) is 4.07. The Bertz CT molecular complexity index is 1080. The minimum absolute atomic E-state index is 0.0801. The Labute approximate surface area is 169 Å². The molecule has 1 amide bonds. The van der Waals surface area contributed by atoms with E-state index >= 15 is 0 Å². The number of rotatable bonds is 4. The SMILES string of the molecule is CC(=O)Nc1cc(-c2[nH]c3c(c2Cc2ccccc2)C(=O)CC(C)(C)C3)ncn1. The van der Waals surface area contributed by atoms with Crippen LogP contribution in [0.25, 0.3) is 11.4 Å². The molecule has 0 bridgehead atoms. The summed E-state index contributed by atoms with van der Waals surface area (Å²) >= 11 is 0. The Balaban J connectivity index is 1.85. The number of carbonyl (C=O) groups excluding carboxylic acids is 2.